The highest BCUT2D eigenvalue weighted by Gasteiger charge is 2.00. The van der Waals surface area contributed by atoms with E-state index in [4.69, 9.17) is 11.6 Å². The molecule has 2 rings (SSSR count). The molecule has 1 aromatic carbocycles. The summed E-state index contributed by atoms with van der Waals surface area (Å²) in [5, 5.41) is 1.80. The van der Waals surface area contributed by atoms with Gasteiger partial charge in [-0.3, -0.25) is 0 Å². The average molecular weight is 194 g/mol. The third kappa shape index (κ3) is 1.45. The van der Waals surface area contributed by atoms with Gasteiger partial charge in [-0.15, -0.1) is 0 Å². The zero-order valence-corrected chi connectivity index (χ0v) is 7.66. The second-order valence-corrected chi connectivity index (χ2v) is 3.27. The lowest BCUT2D eigenvalue weighted by atomic mass is 10.2. The summed E-state index contributed by atoms with van der Waals surface area (Å²) in [7, 11) is 0. The van der Waals surface area contributed by atoms with Crippen molar-refractivity contribution in [2.45, 2.75) is 6.54 Å². The lowest BCUT2D eigenvalue weighted by molar-refractivity contribution is -0.108. The molecular formula is C10H8ClNO. The van der Waals surface area contributed by atoms with Gasteiger partial charge in [-0.1, -0.05) is 17.7 Å². The molecule has 2 aromatic rings. The fourth-order valence-corrected chi connectivity index (χ4v) is 1.56. The molecular weight excluding hydrogens is 186 g/mol. The molecule has 1 heterocycles. The molecule has 66 valence electrons. The van der Waals surface area contributed by atoms with Gasteiger partial charge in [-0.25, -0.2) is 0 Å². The molecule has 0 bridgehead atoms. The van der Waals surface area contributed by atoms with Crippen LogP contribution in [0, 0.1) is 0 Å². The molecule has 1 aromatic heterocycles. The van der Waals surface area contributed by atoms with Crippen molar-refractivity contribution in [1.29, 1.82) is 0 Å². The molecule has 0 aliphatic rings. The van der Waals surface area contributed by atoms with Crippen LogP contribution >= 0.6 is 11.6 Å². The van der Waals surface area contributed by atoms with Gasteiger partial charge in [0, 0.05) is 16.7 Å². The van der Waals surface area contributed by atoms with Gasteiger partial charge >= 0.3 is 0 Å². The van der Waals surface area contributed by atoms with Gasteiger partial charge in [-0.2, -0.15) is 0 Å². The fraction of sp³-hybridized carbons (Fsp3) is 0.100. The van der Waals surface area contributed by atoms with E-state index in [9.17, 15) is 4.79 Å². The molecule has 0 N–H and O–H groups in total. The molecule has 0 amide bonds. The number of carbonyl (C=O) groups is 1. The molecule has 0 fully saturated rings. The van der Waals surface area contributed by atoms with E-state index in [2.05, 4.69) is 0 Å². The van der Waals surface area contributed by atoms with Crippen molar-refractivity contribution in [1.82, 2.24) is 4.57 Å². The first-order valence-electron chi connectivity index (χ1n) is 3.99. The molecule has 0 radical (unpaired) electrons. The van der Waals surface area contributed by atoms with E-state index in [1.165, 1.54) is 0 Å². The molecule has 0 atom stereocenters. The van der Waals surface area contributed by atoms with Crippen LogP contribution in [0.15, 0.2) is 30.5 Å². The van der Waals surface area contributed by atoms with E-state index in [1.807, 2.05) is 35.0 Å². The van der Waals surface area contributed by atoms with E-state index < -0.39 is 0 Å². The van der Waals surface area contributed by atoms with Crippen LogP contribution in [0.25, 0.3) is 10.9 Å². The maximum Gasteiger partial charge on any atom is 0.139 e. The van der Waals surface area contributed by atoms with Crippen molar-refractivity contribution < 1.29 is 4.79 Å². The van der Waals surface area contributed by atoms with Gasteiger partial charge in [0.2, 0.25) is 0 Å². The maximum absolute atomic E-state index is 10.3. The van der Waals surface area contributed by atoms with Crippen molar-refractivity contribution in [3.8, 4) is 0 Å². The number of hydrogen-bond donors (Lipinski definition) is 0. The van der Waals surface area contributed by atoms with Gasteiger partial charge in [-0.05, 0) is 23.6 Å². The highest BCUT2D eigenvalue weighted by Crippen LogP contribution is 2.19. The molecule has 0 saturated carbocycles. The Balaban J connectivity index is 2.64. The maximum atomic E-state index is 10.3. The van der Waals surface area contributed by atoms with Crippen LogP contribution in [-0.2, 0) is 11.3 Å². The molecule has 3 heteroatoms. The van der Waals surface area contributed by atoms with Crippen LogP contribution < -0.4 is 0 Å². The Morgan fingerprint density at radius 2 is 2.23 bits per heavy atom. The lowest BCUT2D eigenvalue weighted by Crippen LogP contribution is -1.95. The predicted octanol–water partition coefficient (Wildman–Crippen LogP) is 2.49. The lowest BCUT2D eigenvalue weighted by Gasteiger charge is -1.99. The standard InChI is InChI=1S/C10H8ClNO/c11-9-2-1-8-3-4-12(5-6-13)10(8)7-9/h1-4,6-7H,5H2. The fourth-order valence-electron chi connectivity index (χ4n) is 1.40. The van der Waals surface area contributed by atoms with Crippen molar-refractivity contribution in [3.63, 3.8) is 0 Å². The van der Waals surface area contributed by atoms with Gasteiger partial charge in [0.25, 0.3) is 0 Å². The minimum atomic E-state index is 0.379. The van der Waals surface area contributed by atoms with E-state index in [-0.39, 0.29) is 0 Å². The minimum Gasteiger partial charge on any atom is -0.340 e. The first-order valence-corrected chi connectivity index (χ1v) is 4.37. The van der Waals surface area contributed by atoms with Crippen LogP contribution in [0.4, 0.5) is 0 Å². The SMILES string of the molecule is O=CCn1ccc2ccc(Cl)cc21. The summed E-state index contributed by atoms with van der Waals surface area (Å²) < 4.78 is 1.87. The van der Waals surface area contributed by atoms with Crippen LogP contribution in [0.5, 0.6) is 0 Å². The molecule has 0 aliphatic carbocycles. The third-order valence-electron chi connectivity index (χ3n) is 2.01. The topological polar surface area (TPSA) is 22.0 Å². The van der Waals surface area contributed by atoms with Crippen LogP contribution in [0.3, 0.4) is 0 Å². The van der Waals surface area contributed by atoms with Crippen LogP contribution in [-0.4, -0.2) is 10.9 Å². The average Bonchev–Trinajstić information content (AvgIpc) is 2.49. The van der Waals surface area contributed by atoms with Crippen molar-refractivity contribution in [2.24, 2.45) is 0 Å². The van der Waals surface area contributed by atoms with Crippen molar-refractivity contribution in [3.05, 3.63) is 35.5 Å². The number of benzene rings is 1. The van der Waals surface area contributed by atoms with E-state index >= 15 is 0 Å². The van der Waals surface area contributed by atoms with Gasteiger partial charge in [0.1, 0.15) is 6.29 Å². The molecule has 0 spiro atoms. The normalized spacial score (nSPS) is 10.5. The van der Waals surface area contributed by atoms with Crippen LogP contribution in [0.1, 0.15) is 0 Å². The number of nitrogens with zero attached hydrogens (tertiary/aromatic N) is 1. The minimum absolute atomic E-state index is 0.379. The Labute approximate surface area is 80.7 Å². The first-order chi connectivity index (χ1) is 6.31. The largest absolute Gasteiger partial charge is 0.340 e. The summed E-state index contributed by atoms with van der Waals surface area (Å²) >= 11 is 5.85. The number of fused-ring (bicyclic) bond motifs is 1. The van der Waals surface area contributed by atoms with E-state index in [0.29, 0.717) is 11.6 Å². The van der Waals surface area contributed by atoms with Gasteiger partial charge in [0.15, 0.2) is 0 Å². The summed E-state index contributed by atoms with van der Waals surface area (Å²) in [6.07, 6.45) is 2.76. The molecule has 0 saturated heterocycles. The molecule has 0 unspecified atom stereocenters. The predicted molar refractivity (Wildman–Crippen MR) is 53.0 cm³/mol. The number of halogens is 1. The van der Waals surface area contributed by atoms with Gasteiger partial charge in [0.05, 0.1) is 6.54 Å². The monoisotopic (exact) mass is 193 g/mol. The second kappa shape index (κ2) is 3.23. The number of aromatic nitrogens is 1. The van der Waals surface area contributed by atoms with Crippen LogP contribution in [0.2, 0.25) is 5.02 Å². The zero-order valence-electron chi connectivity index (χ0n) is 6.90. The molecule has 2 nitrogen and oxygen atoms in total. The zero-order chi connectivity index (χ0) is 9.26. The van der Waals surface area contributed by atoms with Crippen molar-refractivity contribution >= 4 is 28.8 Å². The first kappa shape index (κ1) is 8.32. The Kier molecular flexibility index (Phi) is 2.07. The number of carbonyl (C=O) groups excluding carboxylic acids is 1. The highest BCUT2D eigenvalue weighted by molar-refractivity contribution is 6.31. The Hall–Kier alpha value is -1.28. The Bertz CT molecular complexity index is 447. The summed E-state index contributed by atoms with van der Waals surface area (Å²) in [6.45, 7) is 0.379. The third-order valence-corrected chi connectivity index (χ3v) is 2.24. The van der Waals surface area contributed by atoms with E-state index in [1.54, 1.807) is 0 Å². The second-order valence-electron chi connectivity index (χ2n) is 2.84. The van der Waals surface area contributed by atoms with Crippen molar-refractivity contribution in [2.75, 3.05) is 0 Å². The smallest absolute Gasteiger partial charge is 0.139 e. The highest BCUT2D eigenvalue weighted by atomic mass is 35.5. The van der Waals surface area contributed by atoms with E-state index in [0.717, 1.165) is 17.2 Å². The molecule has 0 aliphatic heterocycles. The Morgan fingerprint density at radius 3 is 3.00 bits per heavy atom. The summed E-state index contributed by atoms with van der Waals surface area (Å²) in [5.41, 5.74) is 1.000. The quantitative estimate of drug-likeness (QED) is 0.672. The molecule has 13 heavy (non-hydrogen) atoms. The number of aldehydes is 1. The Morgan fingerprint density at radius 1 is 1.38 bits per heavy atom. The summed E-state index contributed by atoms with van der Waals surface area (Å²) in [6, 6.07) is 7.61. The number of rotatable bonds is 2. The van der Waals surface area contributed by atoms with Gasteiger partial charge < -0.3 is 9.36 Å². The number of hydrogen-bond acceptors (Lipinski definition) is 1. The summed E-state index contributed by atoms with van der Waals surface area (Å²) in [4.78, 5) is 10.3. The summed E-state index contributed by atoms with van der Waals surface area (Å²) in [5.74, 6) is 0.